The molecule has 0 aromatic heterocycles. The highest BCUT2D eigenvalue weighted by Gasteiger charge is 2.14. The third kappa shape index (κ3) is 6.58. The van der Waals surface area contributed by atoms with Gasteiger partial charge in [0.1, 0.15) is 12.4 Å². The third-order valence-electron chi connectivity index (χ3n) is 4.55. The van der Waals surface area contributed by atoms with Crippen LogP contribution >= 0.6 is 0 Å². The molecule has 0 aliphatic heterocycles. The number of rotatable bonds is 10. The SMILES string of the molecule is CCCc1ccc(OCCNC(=O)c2cccc(NS(=O)(=O)c3ccccc3)c2)cc1. The minimum Gasteiger partial charge on any atom is -0.492 e. The van der Waals surface area contributed by atoms with Crippen LogP contribution in [0.2, 0.25) is 0 Å². The van der Waals surface area contributed by atoms with Crippen LogP contribution in [-0.2, 0) is 16.4 Å². The summed E-state index contributed by atoms with van der Waals surface area (Å²) in [5, 5.41) is 2.78. The van der Waals surface area contributed by atoms with Gasteiger partial charge in [-0.05, 0) is 54.4 Å². The fourth-order valence-corrected chi connectivity index (χ4v) is 4.08. The number of nitrogens with one attached hydrogen (secondary N) is 2. The van der Waals surface area contributed by atoms with Crippen LogP contribution in [0, 0.1) is 0 Å². The first-order valence-corrected chi connectivity index (χ1v) is 11.6. The first-order chi connectivity index (χ1) is 15.0. The highest BCUT2D eigenvalue weighted by atomic mass is 32.2. The molecule has 7 heteroatoms. The van der Waals surface area contributed by atoms with Crippen LogP contribution in [0.4, 0.5) is 5.69 Å². The fourth-order valence-electron chi connectivity index (χ4n) is 3.01. The number of aryl methyl sites for hydroxylation is 1. The largest absolute Gasteiger partial charge is 0.492 e. The summed E-state index contributed by atoms with van der Waals surface area (Å²) in [7, 11) is -3.72. The smallest absolute Gasteiger partial charge is 0.261 e. The summed E-state index contributed by atoms with van der Waals surface area (Å²) in [6.07, 6.45) is 2.14. The van der Waals surface area contributed by atoms with E-state index in [1.807, 2.05) is 24.3 Å². The quantitative estimate of drug-likeness (QED) is 0.464. The summed E-state index contributed by atoms with van der Waals surface area (Å²) in [6, 6.07) is 22.4. The molecular weight excluding hydrogens is 412 g/mol. The van der Waals surface area contributed by atoms with Crippen LogP contribution in [0.3, 0.4) is 0 Å². The average Bonchev–Trinajstić information content (AvgIpc) is 2.78. The Morgan fingerprint density at radius 2 is 1.68 bits per heavy atom. The van der Waals surface area contributed by atoms with Crippen molar-refractivity contribution < 1.29 is 17.9 Å². The van der Waals surface area contributed by atoms with Gasteiger partial charge >= 0.3 is 0 Å². The lowest BCUT2D eigenvalue weighted by atomic mass is 10.1. The molecule has 0 fully saturated rings. The zero-order chi connectivity index (χ0) is 22.1. The molecule has 0 unspecified atom stereocenters. The van der Waals surface area contributed by atoms with Crippen molar-refractivity contribution in [1.29, 1.82) is 0 Å². The summed E-state index contributed by atoms with van der Waals surface area (Å²) in [4.78, 5) is 12.6. The molecule has 6 nitrogen and oxygen atoms in total. The van der Waals surface area contributed by atoms with Crippen molar-refractivity contribution in [1.82, 2.24) is 5.32 Å². The highest BCUT2D eigenvalue weighted by molar-refractivity contribution is 7.92. The maximum atomic E-state index is 12.5. The standard InChI is InChI=1S/C24H26N2O4S/c1-2-7-19-12-14-22(15-13-19)30-17-16-25-24(27)20-8-6-9-21(18-20)26-31(28,29)23-10-4-3-5-11-23/h3-6,8-15,18,26H,2,7,16-17H2,1H3,(H,25,27). The number of amides is 1. The zero-order valence-electron chi connectivity index (χ0n) is 17.4. The zero-order valence-corrected chi connectivity index (χ0v) is 18.2. The fraction of sp³-hybridized carbons (Fsp3) is 0.208. The van der Waals surface area contributed by atoms with Gasteiger partial charge in [0.15, 0.2) is 0 Å². The average molecular weight is 439 g/mol. The van der Waals surface area contributed by atoms with E-state index in [1.165, 1.54) is 23.8 Å². The van der Waals surface area contributed by atoms with Crippen molar-refractivity contribution in [3.8, 4) is 5.75 Å². The predicted octanol–water partition coefficient (Wildman–Crippen LogP) is 4.25. The molecule has 0 aliphatic rings. The van der Waals surface area contributed by atoms with Gasteiger partial charge in [0.25, 0.3) is 15.9 Å². The Bertz CT molecular complexity index is 1100. The number of benzene rings is 3. The minimum atomic E-state index is -3.72. The lowest BCUT2D eigenvalue weighted by Crippen LogP contribution is -2.28. The Balaban J connectivity index is 1.52. The molecule has 0 atom stereocenters. The summed E-state index contributed by atoms with van der Waals surface area (Å²) in [6.45, 7) is 2.80. The van der Waals surface area contributed by atoms with E-state index in [9.17, 15) is 13.2 Å². The molecule has 31 heavy (non-hydrogen) atoms. The van der Waals surface area contributed by atoms with E-state index >= 15 is 0 Å². The predicted molar refractivity (Wildman–Crippen MR) is 122 cm³/mol. The second-order valence-electron chi connectivity index (χ2n) is 7.00. The van der Waals surface area contributed by atoms with Crippen molar-refractivity contribution in [2.24, 2.45) is 0 Å². The van der Waals surface area contributed by atoms with Gasteiger partial charge in [-0.15, -0.1) is 0 Å². The van der Waals surface area contributed by atoms with Gasteiger partial charge in [0, 0.05) is 11.3 Å². The van der Waals surface area contributed by atoms with Crippen LogP contribution in [-0.4, -0.2) is 27.5 Å². The lowest BCUT2D eigenvalue weighted by Gasteiger charge is -2.11. The summed E-state index contributed by atoms with van der Waals surface area (Å²) in [5.41, 5.74) is 1.95. The summed E-state index contributed by atoms with van der Waals surface area (Å²) in [5.74, 6) is 0.453. The Morgan fingerprint density at radius 1 is 0.935 bits per heavy atom. The van der Waals surface area contributed by atoms with Crippen LogP contribution < -0.4 is 14.8 Å². The van der Waals surface area contributed by atoms with Gasteiger partial charge in [-0.2, -0.15) is 0 Å². The van der Waals surface area contributed by atoms with Gasteiger partial charge in [0.05, 0.1) is 11.4 Å². The molecule has 3 aromatic rings. The van der Waals surface area contributed by atoms with E-state index in [0.717, 1.165) is 18.6 Å². The van der Waals surface area contributed by atoms with E-state index in [1.54, 1.807) is 36.4 Å². The van der Waals surface area contributed by atoms with E-state index in [-0.39, 0.29) is 10.8 Å². The van der Waals surface area contributed by atoms with E-state index in [2.05, 4.69) is 17.0 Å². The minimum absolute atomic E-state index is 0.157. The first kappa shape index (κ1) is 22.4. The number of carbonyl (C=O) groups is 1. The van der Waals surface area contributed by atoms with Crippen molar-refractivity contribution >= 4 is 21.6 Å². The maximum absolute atomic E-state index is 12.5. The number of anilines is 1. The van der Waals surface area contributed by atoms with Crippen LogP contribution in [0.5, 0.6) is 5.75 Å². The van der Waals surface area contributed by atoms with Gasteiger partial charge in [-0.3, -0.25) is 9.52 Å². The first-order valence-electron chi connectivity index (χ1n) is 10.2. The summed E-state index contributed by atoms with van der Waals surface area (Å²) < 4.78 is 33.1. The van der Waals surface area contributed by atoms with Crippen molar-refractivity contribution in [3.05, 3.63) is 90.0 Å². The second kappa shape index (κ2) is 10.6. The number of ether oxygens (including phenoxy) is 1. The maximum Gasteiger partial charge on any atom is 0.261 e. The topological polar surface area (TPSA) is 84.5 Å². The van der Waals surface area contributed by atoms with Crippen LogP contribution in [0.15, 0.2) is 83.8 Å². The van der Waals surface area contributed by atoms with Gasteiger partial charge < -0.3 is 10.1 Å². The molecule has 0 saturated carbocycles. The second-order valence-corrected chi connectivity index (χ2v) is 8.68. The number of sulfonamides is 1. The normalized spacial score (nSPS) is 11.0. The molecule has 3 rings (SSSR count). The van der Waals surface area contributed by atoms with Crippen molar-refractivity contribution in [3.63, 3.8) is 0 Å². The molecule has 1 amide bonds. The van der Waals surface area contributed by atoms with Crippen LogP contribution in [0.1, 0.15) is 29.3 Å². The molecule has 0 spiro atoms. The van der Waals surface area contributed by atoms with Crippen molar-refractivity contribution in [2.75, 3.05) is 17.9 Å². The highest BCUT2D eigenvalue weighted by Crippen LogP contribution is 2.17. The molecule has 0 radical (unpaired) electrons. The van der Waals surface area contributed by atoms with E-state index in [4.69, 9.17) is 4.74 Å². The molecule has 0 heterocycles. The molecule has 3 aromatic carbocycles. The lowest BCUT2D eigenvalue weighted by molar-refractivity contribution is 0.0947. The molecule has 2 N–H and O–H groups in total. The number of hydrogen-bond donors (Lipinski definition) is 2. The Morgan fingerprint density at radius 3 is 2.39 bits per heavy atom. The molecule has 0 saturated heterocycles. The monoisotopic (exact) mass is 438 g/mol. The third-order valence-corrected chi connectivity index (χ3v) is 5.95. The Hall–Kier alpha value is -3.32. The molecule has 0 aliphatic carbocycles. The Kier molecular flexibility index (Phi) is 7.67. The van der Waals surface area contributed by atoms with Gasteiger partial charge in [0.2, 0.25) is 0 Å². The van der Waals surface area contributed by atoms with Gasteiger partial charge in [-0.25, -0.2) is 8.42 Å². The van der Waals surface area contributed by atoms with E-state index < -0.39 is 10.0 Å². The molecule has 162 valence electrons. The van der Waals surface area contributed by atoms with Crippen molar-refractivity contribution in [2.45, 2.75) is 24.7 Å². The Labute approximate surface area is 183 Å². The van der Waals surface area contributed by atoms with Gasteiger partial charge in [-0.1, -0.05) is 49.7 Å². The van der Waals surface area contributed by atoms with Crippen LogP contribution in [0.25, 0.3) is 0 Å². The molecule has 0 bridgehead atoms. The van der Waals surface area contributed by atoms with E-state index in [0.29, 0.717) is 24.4 Å². The number of carbonyl (C=O) groups excluding carboxylic acids is 1. The summed E-state index contributed by atoms with van der Waals surface area (Å²) >= 11 is 0. The number of hydrogen-bond acceptors (Lipinski definition) is 4. The molecular formula is C24H26N2O4S.